The lowest BCUT2D eigenvalue weighted by Gasteiger charge is -2.03. The maximum Gasteiger partial charge on any atom is 0.338 e. The van der Waals surface area contributed by atoms with Gasteiger partial charge in [-0.05, 0) is 49.7 Å². The Balaban J connectivity index is 1.89. The van der Waals surface area contributed by atoms with Crippen LogP contribution in [0.5, 0.6) is 5.95 Å². The molecule has 0 spiro atoms. The molecule has 138 valence electrons. The summed E-state index contributed by atoms with van der Waals surface area (Å²) in [4.78, 5) is 20.7. The number of oxazole rings is 1. The van der Waals surface area contributed by atoms with Gasteiger partial charge >= 0.3 is 11.9 Å². The number of aromatic hydroxyl groups is 1. The van der Waals surface area contributed by atoms with Crippen molar-refractivity contribution >= 4 is 17.4 Å². The van der Waals surface area contributed by atoms with Gasteiger partial charge < -0.3 is 14.3 Å². The predicted octanol–water partition coefficient (Wildman–Crippen LogP) is 4.75. The molecular weight excluding hydrogens is 344 g/mol. The quantitative estimate of drug-likeness (QED) is 0.504. The van der Waals surface area contributed by atoms with E-state index in [-0.39, 0.29) is 11.9 Å². The van der Waals surface area contributed by atoms with Gasteiger partial charge in [0.1, 0.15) is 0 Å². The van der Waals surface area contributed by atoms with Gasteiger partial charge in [-0.25, -0.2) is 9.78 Å². The van der Waals surface area contributed by atoms with Gasteiger partial charge in [-0.15, -0.1) is 0 Å². The number of ether oxygens (including phenoxy) is 1. The third kappa shape index (κ3) is 4.23. The van der Waals surface area contributed by atoms with Crippen molar-refractivity contribution in [3.63, 3.8) is 0 Å². The highest BCUT2D eigenvalue weighted by Gasteiger charge is 2.18. The standard InChI is InChI=1S/C21H20N2O4/c1-3-17(22-16-12-10-15(11-13-16)20(24)26-4-2)18-21(25)27-19(23-18)14-8-6-5-7-9-14/h5-13,25H,3-4H2,1-2H3. The second kappa shape index (κ2) is 8.31. The monoisotopic (exact) mass is 364 g/mol. The first kappa shape index (κ1) is 18.4. The van der Waals surface area contributed by atoms with E-state index in [1.807, 2.05) is 37.3 Å². The van der Waals surface area contributed by atoms with E-state index in [0.717, 1.165) is 5.56 Å². The number of carbonyl (C=O) groups is 1. The highest BCUT2D eigenvalue weighted by atomic mass is 16.5. The van der Waals surface area contributed by atoms with Crippen molar-refractivity contribution < 1.29 is 19.1 Å². The zero-order valence-corrected chi connectivity index (χ0v) is 15.2. The van der Waals surface area contributed by atoms with Gasteiger partial charge in [0.25, 0.3) is 0 Å². The van der Waals surface area contributed by atoms with Crippen LogP contribution in [0.2, 0.25) is 0 Å². The van der Waals surface area contributed by atoms with Crippen molar-refractivity contribution in [2.45, 2.75) is 20.3 Å². The molecule has 27 heavy (non-hydrogen) atoms. The molecule has 0 radical (unpaired) electrons. The fourth-order valence-electron chi connectivity index (χ4n) is 2.55. The molecule has 3 aromatic rings. The summed E-state index contributed by atoms with van der Waals surface area (Å²) in [6.07, 6.45) is 0.550. The molecule has 0 aliphatic heterocycles. The van der Waals surface area contributed by atoms with Crippen LogP contribution in [0.25, 0.3) is 11.5 Å². The largest absolute Gasteiger partial charge is 0.479 e. The van der Waals surface area contributed by atoms with Crippen LogP contribution >= 0.6 is 0 Å². The topological polar surface area (TPSA) is 84.9 Å². The Morgan fingerprint density at radius 1 is 1.11 bits per heavy atom. The van der Waals surface area contributed by atoms with Crippen LogP contribution in [0.1, 0.15) is 36.3 Å². The smallest absolute Gasteiger partial charge is 0.338 e. The van der Waals surface area contributed by atoms with Crippen LogP contribution in [0.15, 0.2) is 64.0 Å². The van der Waals surface area contributed by atoms with Crippen molar-refractivity contribution in [3.8, 4) is 17.4 Å². The van der Waals surface area contributed by atoms with Gasteiger partial charge in [-0.1, -0.05) is 25.1 Å². The van der Waals surface area contributed by atoms with Crippen molar-refractivity contribution in [2.24, 2.45) is 4.99 Å². The summed E-state index contributed by atoms with van der Waals surface area (Å²) in [6, 6.07) is 16.1. The van der Waals surface area contributed by atoms with Gasteiger partial charge in [-0.2, -0.15) is 0 Å². The first-order valence-electron chi connectivity index (χ1n) is 8.72. The summed E-state index contributed by atoms with van der Waals surface area (Å²) in [5.74, 6) is -0.301. The van der Waals surface area contributed by atoms with Crippen LogP contribution in [-0.2, 0) is 4.74 Å². The molecule has 0 bridgehead atoms. The Hall–Kier alpha value is -3.41. The first-order valence-corrected chi connectivity index (χ1v) is 8.72. The molecule has 0 amide bonds. The fraction of sp³-hybridized carbons (Fsp3) is 0.190. The average Bonchev–Trinajstić information content (AvgIpc) is 3.09. The molecule has 1 aromatic heterocycles. The lowest BCUT2D eigenvalue weighted by molar-refractivity contribution is 0.0526. The van der Waals surface area contributed by atoms with Gasteiger partial charge in [0.15, 0.2) is 5.69 Å². The summed E-state index contributed by atoms with van der Waals surface area (Å²) in [5.41, 5.74) is 2.77. The third-order valence-electron chi connectivity index (χ3n) is 3.88. The second-order valence-electron chi connectivity index (χ2n) is 5.72. The summed E-state index contributed by atoms with van der Waals surface area (Å²) in [5, 5.41) is 10.2. The molecule has 0 aliphatic rings. The number of hydrogen-bond acceptors (Lipinski definition) is 6. The highest BCUT2D eigenvalue weighted by Crippen LogP contribution is 2.28. The molecule has 2 aromatic carbocycles. The molecular formula is C21H20N2O4. The number of hydrogen-bond donors (Lipinski definition) is 1. The fourth-order valence-corrected chi connectivity index (χ4v) is 2.55. The lowest BCUT2D eigenvalue weighted by Crippen LogP contribution is -2.04. The lowest BCUT2D eigenvalue weighted by atomic mass is 10.2. The second-order valence-corrected chi connectivity index (χ2v) is 5.72. The molecule has 3 rings (SSSR count). The van der Waals surface area contributed by atoms with Crippen LogP contribution in [0, 0.1) is 0 Å². The molecule has 1 heterocycles. The van der Waals surface area contributed by atoms with E-state index >= 15 is 0 Å². The number of aromatic nitrogens is 1. The highest BCUT2D eigenvalue weighted by molar-refractivity contribution is 6.02. The van der Waals surface area contributed by atoms with Crippen molar-refractivity contribution in [2.75, 3.05) is 6.61 Å². The van der Waals surface area contributed by atoms with Crippen molar-refractivity contribution in [3.05, 3.63) is 65.9 Å². The average molecular weight is 364 g/mol. The molecule has 0 saturated heterocycles. The van der Waals surface area contributed by atoms with Crippen LogP contribution in [0.4, 0.5) is 5.69 Å². The van der Waals surface area contributed by atoms with Gasteiger partial charge in [0, 0.05) is 5.56 Å². The molecule has 0 saturated carbocycles. The Bertz CT molecular complexity index is 944. The summed E-state index contributed by atoms with van der Waals surface area (Å²) in [7, 11) is 0. The normalized spacial score (nSPS) is 11.4. The molecule has 6 heteroatoms. The molecule has 0 fully saturated rings. The number of rotatable bonds is 6. The Labute approximate surface area is 157 Å². The van der Waals surface area contributed by atoms with E-state index in [1.54, 1.807) is 31.2 Å². The number of carbonyl (C=O) groups excluding carboxylic acids is 1. The minimum Gasteiger partial charge on any atom is -0.479 e. The minimum absolute atomic E-state index is 0.266. The van der Waals surface area contributed by atoms with Crippen LogP contribution in [0.3, 0.4) is 0 Å². The minimum atomic E-state index is -0.370. The molecule has 0 unspecified atom stereocenters. The summed E-state index contributed by atoms with van der Waals surface area (Å²) < 4.78 is 10.4. The summed E-state index contributed by atoms with van der Waals surface area (Å²) in [6.45, 7) is 4.01. The van der Waals surface area contributed by atoms with Crippen LogP contribution < -0.4 is 0 Å². The molecule has 6 nitrogen and oxygen atoms in total. The Kier molecular flexibility index (Phi) is 5.66. The summed E-state index contributed by atoms with van der Waals surface area (Å²) >= 11 is 0. The zero-order chi connectivity index (χ0) is 19.2. The zero-order valence-electron chi connectivity index (χ0n) is 15.2. The van der Waals surface area contributed by atoms with Gasteiger partial charge in [-0.3, -0.25) is 4.99 Å². The maximum absolute atomic E-state index is 11.7. The molecule has 0 aliphatic carbocycles. The van der Waals surface area contributed by atoms with E-state index in [2.05, 4.69) is 9.98 Å². The number of nitrogens with zero attached hydrogens (tertiary/aromatic N) is 2. The molecule has 1 N–H and O–H groups in total. The first-order chi connectivity index (χ1) is 13.1. The van der Waals surface area contributed by atoms with Gasteiger partial charge in [0.2, 0.25) is 5.89 Å². The van der Waals surface area contributed by atoms with E-state index in [0.29, 0.717) is 41.6 Å². The van der Waals surface area contributed by atoms with E-state index in [4.69, 9.17) is 9.15 Å². The maximum atomic E-state index is 11.7. The Morgan fingerprint density at radius 2 is 1.81 bits per heavy atom. The molecule has 0 atom stereocenters. The third-order valence-corrected chi connectivity index (χ3v) is 3.88. The SMILES string of the molecule is CCOC(=O)c1ccc(N=C(CC)c2nc(-c3ccccc3)oc2O)cc1. The van der Waals surface area contributed by atoms with Crippen molar-refractivity contribution in [1.29, 1.82) is 0 Å². The van der Waals surface area contributed by atoms with E-state index < -0.39 is 0 Å². The van der Waals surface area contributed by atoms with E-state index in [9.17, 15) is 9.90 Å². The van der Waals surface area contributed by atoms with E-state index in [1.165, 1.54) is 0 Å². The Morgan fingerprint density at radius 3 is 2.44 bits per heavy atom. The number of aliphatic imine (C=N–C) groups is 1. The number of benzene rings is 2. The van der Waals surface area contributed by atoms with Crippen LogP contribution in [-0.4, -0.2) is 28.4 Å². The van der Waals surface area contributed by atoms with Gasteiger partial charge in [0.05, 0.1) is 23.6 Å². The predicted molar refractivity (Wildman–Crippen MR) is 102 cm³/mol. The number of esters is 1. The van der Waals surface area contributed by atoms with Crippen molar-refractivity contribution in [1.82, 2.24) is 4.98 Å².